The summed E-state index contributed by atoms with van der Waals surface area (Å²) < 4.78 is 2.99. The van der Waals surface area contributed by atoms with E-state index in [1.54, 1.807) is 10.8 Å². The number of ether oxygens (including phenoxy) is 1. The quantitative estimate of drug-likeness (QED) is 0.480. The summed E-state index contributed by atoms with van der Waals surface area (Å²) in [5, 5.41) is 5.57. The lowest BCUT2D eigenvalue weighted by molar-refractivity contribution is 0.152. The normalized spacial score (nSPS) is 11.4. The van der Waals surface area contributed by atoms with Crippen LogP contribution in [0.1, 0.15) is 0 Å². The highest BCUT2D eigenvalue weighted by Gasteiger charge is 2.21. The summed E-state index contributed by atoms with van der Waals surface area (Å²) in [5.74, 6) is 0.691. The van der Waals surface area contributed by atoms with Gasteiger partial charge in [0.1, 0.15) is 6.61 Å². The molecule has 0 bridgehead atoms. The second-order valence-electron chi connectivity index (χ2n) is 2.14. The van der Waals surface area contributed by atoms with Crippen LogP contribution in [0.15, 0.2) is 11.6 Å². The zero-order chi connectivity index (χ0) is 11.7. The molecular weight excluding hydrogens is 301 g/mol. The standard InChI is InChI=1S/C7H8Cl3NO2S2/c8-7(9,10)5-13-6(12)11-1-3-15-4-2-14/h1-3H,4-5H2,(H,11,12)/b3-1+. The molecule has 0 saturated heterocycles. The molecule has 15 heavy (non-hydrogen) atoms. The summed E-state index contributed by atoms with van der Waals surface area (Å²) in [4.78, 5) is 10.9. The minimum Gasteiger partial charge on any atom is -0.445 e. The molecule has 0 aromatic rings. The van der Waals surface area contributed by atoms with Crippen LogP contribution in [0.5, 0.6) is 0 Å². The van der Waals surface area contributed by atoms with Crippen molar-refractivity contribution in [3.63, 3.8) is 0 Å². The Hall–Kier alpha value is 0.320. The molecule has 0 atom stereocenters. The molecular formula is C7H8Cl3NO2S2. The highest BCUT2D eigenvalue weighted by Crippen LogP contribution is 2.25. The van der Waals surface area contributed by atoms with Crippen LogP contribution in [-0.2, 0) is 4.74 Å². The third-order valence-electron chi connectivity index (χ3n) is 0.897. The number of hydrogen-bond acceptors (Lipinski definition) is 4. The Bertz CT molecular complexity index is 243. The highest BCUT2D eigenvalue weighted by atomic mass is 35.6. The van der Waals surface area contributed by atoms with Crippen molar-refractivity contribution in [3.05, 3.63) is 11.6 Å². The number of thioether (sulfide) groups is 1. The fourth-order valence-electron chi connectivity index (χ4n) is 0.434. The van der Waals surface area contributed by atoms with Gasteiger partial charge in [-0.15, -0.1) is 11.8 Å². The van der Waals surface area contributed by atoms with Gasteiger partial charge in [-0.25, -0.2) is 4.79 Å². The van der Waals surface area contributed by atoms with Crippen LogP contribution >= 0.6 is 58.8 Å². The Morgan fingerprint density at radius 1 is 1.53 bits per heavy atom. The van der Waals surface area contributed by atoms with Crippen LogP contribution in [0.3, 0.4) is 0 Å². The maximum atomic E-state index is 10.9. The van der Waals surface area contributed by atoms with Crippen LogP contribution in [0.25, 0.3) is 0 Å². The van der Waals surface area contributed by atoms with E-state index >= 15 is 0 Å². The lowest BCUT2D eigenvalue weighted by atomic mass is 10.8. The maximum Gasteiger partial charge on any atom is 0.411 e. The number of hydrogen-bond donors (Lipinski definition) is 1. The molecule has 0 saturated carbocycles. The van der Waals surface area contributed by atoms with E-state index < -0.39 is 9.89 Å². The van der Waals surface area contributed by atoms with Crippen LogP contribution in [0.4, 0.5) is 4.79 Å². The van der Waals surface area contributed by atoms with Crippen LogP contribution in [0, 0.1) is 0 Å². The van der Waals surface area contributed by atoms with Gasteiger partial charge < -0.3 is 4.74 Å². The Labute approximate surface area is 112 Å². The average molecular weight is 309 g/mol. The minimum atomic E-state index is -1.59. The first kappa shape index (κ1) is 15.3. The van der Waals surface area contributed by atoms with Crippen molar-refractivity contribution in [2.24, 2.45) is 0 Å². The molecule has 0 heterocycles. The first-order chi connectivity index (χ1) is 6.95. The number of rotatable bonds is 5. The molecule has 0 unspecified atom stereocenters. The maximum absolute atomic E-state index is 10.9. The van der Waals surface area contributed by atoms with Crippen molar-refractivity contribution < 1.29 is 9.53 Å². The van der Waals surface area contributed by atoms with E-state index in [1.807, 2.05) is 0 Å². The monoisotopic (exact) mass is 307 g/mol. The molecule has 1 N–H and O–H groups in total. The third-order valence-corrected chi connectivity index (χ3v) is 2.29. The van der Waals surface area contributed by atoms with E-state index in [-0.39, 0.29) is 6.61 Å². The van der Waals surface area contributed by atoms with Crippen LogP contribution < -0.4 is 5.32 Å². The van der Waals surface area contributed by atoms with Crippen LogP contribution in [-0.4, -0.2) is 27.6 Å². The van der Waals surface area contributed by atoms with Gasteiger partial charge in [-0.2, -0.15) is 0 Å². The molecule has 0 aliphatic carbocycles. The van der Waals surface area contributed by atoms with Gasteiger partial charge in [0.15, 0.2) is 0 Å². The Balaban J connectivity index is 3.57. The number of thiocarbonyl (C=S) groups is 1. The van der Waals surface area contributed by atoms with E-state index in [9.17, 15) is 4.79 Å². The third kappa shape index (κ3) is 12.3. The molecule has 0 fully saturated rings. The first-order valence-corrected chi connectivity index (χ1v) is 6.31. The number of carbonyl (C=O) groups is 1. The van der Waals surface area contributed by atoms with Gasteiger partial charge in [0.2, 0.25) is 3.79 Å². The smallest absolute Gasteiger partial charge is 0.411 e. The number of halogens is 3. The summed E-state index contributed by atoms with van der Waals surface area (Å²) in [6.07, 6.45) is 0.741. The predicted octanol–water partition coefficient (Wildman–Crippen LogP) is 3.29. The van der Waals surface area contributed by atoms with Crippen LogP contribution in [0.2, 0.25) is 0 Å². The molecule has 86 valence electrons. The van der Waals surface area contributed by atoms with Gasteiger partial charge in [0.05, 0.1) is 0 Å². The summed E-state index contributed by atoms with van der Waals surface area (Å²) in [5.41, 5.74) is 0. The second-order valence-corrected chi connectivity index (χ2v) is 5.93. The van der Waals surface area contributed by atoms with Gasteiger partial charge in [-0.1, -0.05) is 47.0 Å². The summed E-state index contributed by atoms with van der Waals surface area (Å²) in [6.45, 7) is -0.301. The fraction of sp³-hybridized carbons (Fsp3) is 0.429. The molecule has 0 aromatic heterocycles. The molecule has 0 aliphatic heterocycles. The molecule has 0 spiro atoms. The van der Waals surface area contributed by atoms with Gasteiger partial charge in [0.25, 0.3) is 0 Å². The van der Waals surface area contributed by atoms with E-state index in [2.05, 4.69) is 22.3 Å². The molecule has 1 amide bonds. The second kappa shape index (κ2) is 8.47. The number of nitrogens with one attached hydrogen (secondary N) is 1. The van der Waals surface area contributed by atoms with Crippen molar-refractivity contribution in [2.75, 3.05) is 12.4 Å². The van der Waals surface area contributed by atoms with Gasteiger partial charge >= 0.3 is 6.09 Å². The van der Waals surface area contributed by atoms with E-state index in [4.69, 9.17) is 34.8 Å². The Kier molecular flexibility index (Phi) is 8.65. The highest BCUT2D eigenvalue weighted by molar-refractivity contribution is 8.03. The predicted molar refractivity (Wildman–Crippen MR) is 70.0 cm³/mol. The van der Waals surface area contributed by atoms with Crippen molar-refractivity contribution >= 4 is 70.2 Å². The summed E-state index contributed by atoms with van der Waals surface area (Å²) >= 11 is 22.1. The lowest BCUT2D eigenvalue weighted by Crippen LogP contribution is -2.24. The number of amides is 1. The molecule has 0 radical (unpaired) electrons. The molecule has 0 aliphatic rings. The van der Waals surface area contributed by atoms with E-state index in [0.29, 0.717) is 5.75 Å². The van der Waals surface area contributed by atoms with Crippen molar-refractivity contribution in [3.8, 4) is 0 Å². The first-order valence-electron chi connectivity index (χ1n) is 3.66. The number of alkyl carbamates (subject to hydrolysis) is 1. The average Bonchev–Trinajstić information content (AvgIpc) is 2.13. The van der Waals surface area contributed by atoms with Crippen molar-refractivity contribution in [1.29, 1.82) is 0 Å². The zero-order valence-corrected chi connectivity index (χ0v) is 11.3. The Morgan fingerprint density at radius 3 is 2.73 bits per heavy atom. The van der Waals surface area contributed by atoms with Gasteiger partial charge in [0, 0.05) is 12.0 Å². The number of carbonyl (C=O) groups excluding carboxylic acids is 1. The molecule has 3 nitrogen and oxygen atoms in total. The minimum absolute atomic E-state index is 0.301. The molecule has 0 rings (SSSR count). The van der Waals surface area contributed by atoms with Crippen molar-refractivity contribution in [2.45, 2.75) is 3.79 Å². The zero-order valence-electron chi connectivity index (χ0n) is 7.41. The summed E-state index contributed by atoms with van der Waals surface area (Å²) in [7, 11) is 0. The van der Waals surface area contributed by atoms with E-state index in [0.717, 1.165) is 0 Å². The topological polar surface area (TPSA) is 38.3 Å². The molecule has 0 aromatic carbocycles. The van der Waals surface area contributed by atoms with Gasteiger partial charge in [-0.05, 0) is 10.8 Å². The molecule has 8 heteroatoms. The SMILES string of the molecule is O=C(N/C=C/SCC=S)OCC(Cl)(Cl)Cl. The Morgan fingerprint density at radius 2 is 2.20 bits per heavy atom. The largest absolute Gasteiger partial charge is 0.445 e. The van der Waals surface area contributed by atoms with E-state index in [1.165, 1.54) is 18.0 Å². The fourth-order valence-corrected chi connectivity index (χ4v) is 1.19. The van der Waals surface area contributed by atoms with Gasteiger partial charge in [-0.3, -0.25) is 5.32 Å². The lowest BCUT2D eigenvalue weighted by Gasteiger charge is -2.10. The van der Waals surface area contributed by atoms with Crippen molar-refractivity contribution in [1.82, 2.24) is 5.32 Å². The summed E-state index contributed by atoms with van der Waals surface area (Å²) in [6, 6.07) is 0. The number of alkyl halides is 3.